The molecule has 0 radical (unpaired) electrons. The van der Waals surface area contributed by atoms with Gasteiger partial charge in [-0.25, -0.2) is 0 Å². The smallest absolute Gasteiger partial charge is 1.00 e. The normalized spacial score (nSPS) is 9.69. The average Bonchev–Trinajstić information content (AvgIpc) is 2.10. The summed E-state index contributed by atoms with van der Waals surface area (Å²) < 4.78 is 0. The van der Waals surface area contributed by atoms with Crippen LogP contribution in [0.25, 0.3) is 0 Å². The van der Waals surface area contributed by atoms with Crippen LogP contribution in [0.5, 0.6) is 0 Å². The van der Waals surface area contributed by atoms with E-state index in [0.29, 0.717) is 0 Å². The quantitative estimate of drug-likeness (QED) is 0.389. The molecular formula is C12H27Na. The zero-order valence-corrected chi connectivity index (χ0v) is 12.1. The Morgan fingerprint density at radius 3 is 1.00 bits per heavy atom. The first-order valence-corrected chi connectivity index (χ1v) is 5.91. The van der Waals surface area contributed by atoms with E-state index in [1.54, 1.807) is 0 Å². The molecule has 0 nitrogen and oxygen atoms in total. The third-order valence-electron chi connectivity index (χ3n) is 2.46. The standard InChI is InChI=1S/C12H26.Na.H/c1-3-5-7-9-11-12-10-8-6-4-2;;/h3-12H2,1-2H3;;/q;+1;-1. The summed E-state index contributed by atoms with van der Waals surface area (Å²) in [6, 6.07) is 0. The minimum Gasteiger partial charge on any atom is -1.00 e. The van der Waals surface area contributed by atoms with Crippen LogP contribution < -0.4 is 29.6 Å². The molecule has 0 spiro atoms. The van der Waals surface area contributed by atoms with Gasteiger partial charge in [-0.15, -0.1) is 0 Å². The number of hydrogen-bond donors (Lipinski definition) is 0. The number of unbranched alkanes of at least 4 members (excludes halogenated alkanes) is 9. The zero-order valence-electron chi connectivity index (χ0n) is 11.1. The third kappa shape index (κ3) is 15.7. The van der Waals surface area contributed by atoms with Crippen molar-refractivity contribution in [3.05, 3.63) is 0 Å². The van der Waals surface area contributed by atoms with Crippen molar-refractivity contribution in [2.24, 2.45) is 0 Å². The Bertz CT molecular complexity index is 66.7. The largest absolute Gasteiger partial charge is 1.00 e. The van der Waals surface area contributed by atoms with Gasteiger partial charge in [-0.1, -0.05) is 78.1 Å². The molecule has 0 aliphatic rings. The fourth-order valence-corrected chi connectivity index (χ4v) is 1.56. The maximum Gasteiger partial charge on any atom is 1.00 e. The summed E-state index contributed by atoms with van der Waals surface area (Å²) in [7, 11) is 0. The van der Waals surface area contributed by atoms with Crippen LogP contribution in [0, 0.1) is 0 Å². The van der Waals surface area contributed by atoms with Crippen molar-refractivity contribution < 1.29 is 31.0 Å². The van der Waals surface area contributed by atoms with Gasteiger partial charge in [0.05, 0.1) is 0 Å². The Balaban J connectivity index is -0.000000605. The van der Waals surface area contributed by atoms with Gasteiger partial charge in [0, 0.05) is 0 Å². The summed E-state index contributed by atoms with van der Waals surface area (Å²) >= 11 is 0. The van der Waals surface area contributed by atoms with Gasteiger partial charge in [0.1, 0.15) is 0 Å². The van der Waals surface area contributed by atoms with Crippen molar-refractivity contribution in [1.82, 2.24) is 0 Å². The Labute approximate surface area is 109 Å². The summed E-state index contributed by atoms with van der Waals surface area (Å²) in [4.78, 5) is 0. The summed E-state index contributed by atoms with van der Waals surface area (Å²) in [5, 5.41) is 0. The molecule has 13 heavy (non-hydrogen) atoms. The molecule has 0 N–H and O–H groups in total. The maximum absolute atomic E-state index is 2.28. The molecule has 0 aliphatic carbocycles. The van der Waals surface area contributed by atoms with Gasteiger partial charge in [-0.05, 0) is 0 Å². The molecular weight excluding hydrogens is 167 g/mol. The zero-order chi connectivity index (χ0) is 9.07. The molecule has 0 unspecified atom stereocenters. The molecule has 76 valence electrons. The van der Waals surface area contributed by atoms with Gasteiger partial charge >= 0.3 is 29.6 Å². The minimum absolute atomic E-state index is 0. The van der Waals surface area contributed by atoms with Crippen molar-refractivity contribution in [2.75, 3.05) is 0 Å². The topological polar surface area (TPSA) is 0 Å². The molecule has 0 atom stereocenters. The third-order valence-corrected chi connectivity index (χ3v) is 2.46. The maximum atomic E-state index is 2.28. The number of rotatable bonds is 9. The van der Waals surface area contributed by atoms with Crippen molar-refractivity contribution in [3.8, 4) is 0 Å². The van der Waals surface area contributed by atoms with E-state index < -0.39 is 0 Å². The molecule has 0 saturated heterocycles. The van der Waals surface area contributed by atoms with Crippen LogP contribution >= 0.6 is 0 Å². The van der Waals surface area contributed by atoms with E-state index in [4.69, 9.17) is 0 Å². The average molecular weight is 194 g/mol. The predicted octanol–water partition coefficient (Wildman–Crippen LogP) is 2.04. The Kier molecular flexibility index (Phi) is 19.6. The first-order valence-electron chi connectivity index (χ1n) is 5.91. The van der Waals surface area contributed by atoms with Crippen molar-refractivity contribution in [1.29, 1.82) is 0 Å². The molecule has 0 rings (SSSR count). The second kappa shape index (κ2) is 15.5. The SMILES string of the molecule is CCCCCCCCCCCC.[H-].[Na+]. The first kappa shape index (κ1) is 16.4. The van der Waals surface area contributed by atoms with Crippen molar-refractivity contribution in [3.63, 3.8) is 0 Å². The van der Waals surface area contributed by atoms with E-state index in [-0.39, 0.29) is 31.0 Å². The van der Waals surface area contributed by atoms with E-state index in [0.717, 1.165) is 0 Å². The molecule has 0 aromatic heterocycles. The monoisotopic (exact) mass is 194 g/mol. The van der Waals surface area contributed by atoms with Crippen molar-refractivity contribution in [2.45, 2.75) is 78.1 Å². The molecule has 0 bridgehead atoms. The molecule has 0 fully saturated rings. The van der Waals surface area contributed by atoms with E-state index in [1.165, 1.54) is 64.2 Å². The van der Waals surface area contributed by atoms with Gasteiger partial charge in [0.25, 0.3) is 0 Å². The van der Waals surface area contributed by atoms with E-state index in [1.807, 2.05) is 0 Å². The van der Waals surface area contributed by atoms with Crippen LogP contribution in [0.15, 0.2) is 0 Å². The summed E-state index contributed by atoms with van der Waals surface area (Å²) in [6.45, 7) is 4.56. The van der Waals surface area contributed by atoms with Crippen LogP contribution in [0.4, 0.5) is 0 Å². The van der Waals surface area contributed by atoms with Gasteiger partial charge < -0.3 is 1.43 Å². The van der Waals surface area contributed by atoms with E-state index >= 15 is 0 Å². The van der Waals surface area contributed by atoms with Crippen LogP contribution in [-0.4, -0.2) is 0 Å². The van der Waals surface area contributed by atoms with Gasteiger partial charge in [-0.3, -0.25) is 0 Å². The molecule has 0 amide bonds. The Morgan fingerprint density at radius 1 is 0.538 bits per heavy atom. The Morgan fingerprint density at radius 2 is 0.769 bits per heavy atom. The molecule has 0 saturated carbocycles. The van der Waals surface area contributed by atoms with Gasteiger partial charge in [0.2, 0.25) is 0 Å². The van der Waals surface area contributed by atoms with Crippen LogP contribution in [0.1, 0.15) is 79.5 Å². The molecule has 1 heteroatoms. The van der Waals surface area contributed by atoms with Crippen molar-refractivity contribution >= 4 is 0 Å². The van der Waals surface area contributed by atoms with E-state index in [9.17, 15) is 0 Å². The summed E-state index contributed by atoms with van der Waals surface area (Å²) in [6.07, 6.45) is 14.4. The predicted molar refractivity (Wildman–Crippen MR) is 58.6 cm³/mol. The molecule has 0 aliphatic heterocycles. The molecule has 0 heterocycles. The van der Waals surface area contributed by atoms with Gasteiger partial charge in [-0.2, -0.15) is 0 Å². The first-order chi connectivity index (χ1) is 5.91. The summed E-state index contributed by atoms with van der Waals surface area (Å²) in [5.74, 6) is 0. The second-order valence-electron chi connectivity index (χ2n) is 3.83. The fourth-order valence-electron chi connectivity index (χ4n) is 1.56. The minimum atomic E-state index is 0. The van der Waals surface area contributed by atoms with Crippen LogP contribution in [-0.2, 0) is 0 Å². The fraction of sp³-hybridized carbons (Fsp3) is 1.00. The van der Waals surface area contributed by atoms with Crippen LogP contribution in [0.2, 0.25) is 0 Å². The summed E-state index contributed by atoms with van der Waals surface area (Å²) in [5.41, 5.74) is 0. The molecule has 0 aromatic carbocycles. The Hall–Kier alpha value is 1.00. The number of hydrogen-bond acceptors (Lipinski definition) is 0. The van der Waals surface area contributed by atoms with Crippen LogP contribution in [0.3, 0.4) is 0 Å². The second-order valence-corrected chi connectivity index (χ2v) is 3.83. The molecule has 0 aromatic rings. The van der Waals surface area contributed by atoms with Gasteiger partial charge in [0.15, 0.2) is 0 Å². The van der Waals surface area contributed by atoms with E-state index in [2.05, 4.69) is 13.8 Å².